The van der Waals surface area contributed by atoms with Crippen molar-refractivity contribution in [2.45, 2.75) is 64.8 Å². The molecule has 9 nitrogen and oxygen atoms in total. The Morgan fingerprint density at radius 3 is 2.00 bits per heavy atom. The Hall–Kier alpha value is -5.36. The Kier molecular flexibility index (Phi) is 14.0. The number of carboxylic acid groups (broad SMARTS) is 1. The molecule has 0 heterocycles. The molecule has 0 bridgehead atoms. The highest BCUT2D eigenvalue weighted by atomic mass is 19.4. The number of rotatable bonds is 12. The molecule has 0 aliphatic heterocycles. The second-order valence-electron chi connectivity index (χ2n) is 12.3. The van der Waals surface area contributed by atoms with Gasteiger partial charge in [0, 0.05) is 25.9 Å². The summed E-state index contributed by atoms with van der Waals surface area (Å²) in [5.41, 5.74) is 10.6. The van der Waals surface area contributed by atoms with Crippen molar-refractivity contribution < 1.29 is 42.1 Å². The molecular weight excluding hydrogens is 651 g/mol. The van der Waals surface area contributed by atoms with E-state index in [2.05, 4.69) is 50.4 Å². The molecule has 0 saturated heterocycles. The van der Waals surface area contributed by atoms with E-state index in [1.54, 1.807) is 12.0 Å². The van der Waals surface area contributed by atoms with Crippen molar-refractivity contribution in [1.29, 1.82) is 0 Å². The van der Waals surface area contributed by atoms with Gasteiger partial charge >= 0.3 is 12.1 Å². The van der Waals surface area contributed by atoms with Crippen LogP contribution in [0.2, 0.25) is 0 Å². The maximum Gasteiger partial charge on any atom is 0.490 e. The van der Waals surface area contributed by atoms with Crippen LogP contribution in [-0.2, 0) is 39.4 Å². The second-order valence-corrected chi connectivity index (χ2v) is 12.3. The minimum absolute atomic E-state index is 0.0196. The molecule has 4 aromatic rings. The zero-order valence-electron chi connectivity index (χ0n) is 28.4. The molecule has 2 amide bonds. The number of carbonyl (C=O) groups excluding carboxylic acids is 2. The Balaban J connectivity index is 0.000000872. The molecule has 0 atom stereocenters. The summed E-state index contributed by atoms with van der Waals surface area (Å²) in [7, 11) is 1.61. The first-order chi connectivity index (χ1) is 23.6. The number of anilines is 1. The molecule has 0 aromatic heterocycles. The van der Waals surface area contributed by atoms with E-state index in [0.29, 0.717) is 36.8 Å². The van der Waals surface area contributed by atoms with Crippen LogP contribution in [0.15, 0.2) is 97.1 Å². The number of carbonyl (C=O) groups is 3. The van der Waals surface area contributed by atoms with Gasteiger partial charge in [-0.25, -0.2) is 4.79 Å². The summed E-state index contributed by atoms with van der Waals surface area (Å²) in [5, 5.41) is 10.0. The van der Waals surface area contributed by atoms with Crippen LogP contribution in [0.1, 0.15) is 55.9 Å². The van der Waals surface area contributed by atoms with Crippen LogP contribution < -0.4 is 25.4 Å². The number of aliphatic carboxylic acids is 1. The molecule has 4 rings (SSSR count). The number of nitrogens with one attached hydrogen (secondary N) is 1. The molecule has 0 aliphatic rings. The summed E-state index contributed by atoms with van der Waals surface area (Å²) >= 11 is 0. The van der Waals surface area contributed by atoms with Gasteiger partial charge in [0.1, 0.15) is 11.5 Å². The number of nitrogens with zero attached hydrogens (tertiary/aromatic N) is 1. The van der Waals surface area contributed by atoms with Gasteiger partial charge in [-0.15, -0.1) is 0 Å². The third-order valence-corrected chi connectivity index (χ3v) is 7.44. The van der Waals surface area contributed by atoms with Crippen LogP contribution >= 0.6 is 0 Å². The first-order valence-corrected chi connectivity index (χ1v) is 15.8. The number of nitrogens with two attached hydrogens (primary N) is 1. The maximum atomic E-state index is 13.8. The van der Waals surface area contributed by atoms with Crippen LogP contribution in [0, 0.1) is 0 Å². The van der Waals surface area contributed by atoms with Crippen molar-refractivity contribution in [1.82, 2.24) is 5.32 Å². The van der Waals surface area contributed by atoms with Crippen molar-refractivity contribution >= 4 is 23.5 Å². The van der Waals surface area contributed by atoms with E-state index in [4.69, 9.17) is 25.1 Å². The average Bonchev–Trinajstić information content (AvgIpc) is 3.09. The molecule has 0 unspecified atom stereocenters. The van der Waals surface area contributed by atoms with E-state index >= 15 is 0 Å². The van der Waals surface area contributed by atoms with E-state index in [1.165, 1.54) is 5.56 Å². The van der Waals surface area contributed by atoms with Gasteiger partial charge in [-0.1, -0.05) is 81.4 Å². The number of hydrogen-bond acceptors (Lipinski definition) is 6. The lowest BCUT2D eigenvalue weighted by Gasteiger charge is -2.26. The van der Waals surface area contributed by atoms with Crippen molar-refractivity contribution in [3.05, 3.63) is 119 Å². The van der Waals surface area contributed by atoms with Gasteiger partial charge in [0.15, 0.2) is 5.75 Å². The number of benzene rings is 4. The Morgan fingerprint density at radius 1 is 0.800 bits per heavy atom. The second kappa shape index (κ2) is 17.9. The summed E-state index contributed by atoms with van der Waals surface area (Å²) in [6.07, 6.45) is -4.97. The molecule has 12 heteroatoms. The standard InChI is InChI=1S/C36H41N3O4.C2HF3O2/c1-36(2,3)29-16-12-27(13-17-29)25-39(32-10-5-6-11-33(32)43-31-9-7-8-28(22-31)23-37)35(41)21-20-34(40)38-24-26-14-18-30(42-4)19-15-26;3-2(4,5)1(6)7/h5-19,22H,20-21,23-25,37H2,1-4H3,(H,38,40);(H,6,7). The number of amides is 2. The number of carboxylic acids is 1. The molecule has 0 fully saturated rings. The molecule has 266 valence electrons. The number of hydrogen-bond donors (Lipinski definition) is 3. The van der Waals surface area contributed by atoms with Crippen LogP contribution in [0.3, 0.4) is 0 Å². The number of para-hydroxylation sites is 2. The summed E-state index contributed by atoms with van der Waals surface area (Å²) in [6, 6.07) is 30.9. The number of methoxy groups -OCH3 is 1. The quantitative estimate of drug-likeness (QED) is 0.140. The van der Waals surface area contributed by atoms with Crippen molar-refractivity contribution in [2.24, 2.45) is 5.73 Å². The lowest BCUT2D eigenvalue weighted by atomic mass is 9.87. The fraction of sp³-hybridized carbons (Fsp3) is 0.289. The average molecular weight is 694 g/mol. The SMILES string of the molecule is COc1ccc(CNC(=O)CCC(=O)N(Cc2ccc(C(C)(C)C)cc2)c2ccccc2Oc2cccc(CN)c2)cc1.O=C(O)C(F)(F)F. The highest BCUT2D eigenvalue weighted by molar-refractivity contribution is 5.96. The van der Waals surface area contributed by atoms with Crippen molar-refractivity contribution in [2.75, 3.05) is 12.0 Å². The number of alkyl halides is 3. The summed E-state index contributed by atoms with van der Waals surface area (Å²) in [5.74, 6) is -1.19. The highest BCUT2D eigenvalue weighted by Crippen LogP contribution is 2.34. The molecular formula is C38H42F3N3O6. The van der Waals surface area contributed by atoms with E-state index in [0.717, 1.165) is 22.4 Å². The number of ether oxygens (including phenoxy) is 2. The van der Waals surface area contributed by atoms with Crippen molar-refractivity contribution in [3.8, 4) is 17.2 Å². The third kappa shape index (κ3) is 12.3. The maximum absolute atomic E-state index is 13.8. The minimum Gasteiger partial charge on any atom is -0.497 e. The van der Waals surface area contributed by atoms with Gasteiger partial charge in [-0.05, 0) is 64.1 Å². The lowest BCUT2D eigenvalue weighted by Crippen LogP contribution is -2.32. The molecule has 4 N–H and O–H groups in total. The van der Waals surface area contributed by atoms with Crippen LogP contribution in [0.25, 0.3) is 0 Å². The monoisotopic (exact) mass is 693 g/mol. The van der Waals surface area contributed by atoms with Gasteiger partial charge in [-0.3, -0.25) is 9.59 Å². The Labute approximate surface area is 289 Å². The predicted molar refractivity (Wildman–Crippen MR) is 185 cm³/mol. The van der Waals surface area contributed by atoms with Gasteiger partial charge in [0.25, 0.3) is 0 Å². The summed E-state index contributed by atoms with van der Waals surface area (Å²) in [4.78, 5) is 37.1. The lowest BCUT2D eigenvalue weighted by molar-refractivity contribution is -0.192. The molecule has 0 spiro atoms. The van der Waals surface area contributed by atoms with E-state index in [-0.39, 0.29) is 30.1 Å². The topological polar surface area (TPSA) is 131 Å². The minimum atomic E-state index is -5.08. The van der Waals surface area contributed by atoms with E-state index in [9.17, 15) is 22.8 Å². The number of halogens is 3. The molecule has 0 saturated carbocycles. The Morgan fingerprint density at radius 2 is 1.42 bits per heavy atom. The fourth-order valence-corrected chi connectivity index (χ4v) is 4.62. The molecule has 4 aromatic carbocycles. The van der Waals surface area contributed by atoms with Gasteiger partial charge in [0.2, 0.25) is 11.8 Å². The molecule has 50 heavy (non-hydrogen) atoms. The van der Waals surface area contributed by atoms with Crippen LogP contribution in [-0.4, -0.2) is 36.2 Å². The van der Waals surface area contributed by atoms with Gasteiger partial charge < -0.3 is 30.5 Å². The van der Waals surface area contributed by atoms with Crippen LogP contribution in [0.5, 0.6) is 17.2 Å². The Bertz CT molecular complexity index is 1720. The largest absolute Gasteiger partial charge is 0.497 e. The van der Waals surface area contributed by atoms with Gasteiger partial charge in [0.05, 0.1) is 19.3 Å². The molecule has 0 aliphatic carbocycles. The normalized spacial score (nSPS) is 11.1. The van der Waals surface area contributed by atoms with Gasteiger partial charge in [-0.2, -0.15) is 13.2 Å². The zero-order chi connectivity index (χ0) is 36.9. The first kappa shape index (κ1) is 39.1. The van der Waals surface area contributed by atoms with Crippen LogP contribution in [0.4, 0.5) is 18.9 Å². The smallest absolute Gasteiger partial charge is 0.490 e. The first-order valence-electron chi connectivity index (χ1n) is 15.8. The summed E-state index contributed by atoms with van der Waals surface area (Å²) < 4.78 is 43.2. The van der Waals surface area contributed by atoms with E-state index < -0.39 is 12.1 Å². The summed E-state index contributed by atoms with van der Waals surface area (Å²) in [6.45, 7) is 7.62. The van der Waals surface area contributed by atoms with Crippen molar-refractivity contribution in [3.63, 3.8) is 0 Å². The predicted octanol–water partition coefficient (Wildman–Crippen LogP) is 7.51. The highest BCUT2D eigenvalue weighted by Gasteiger charge is 2.38. The fourth-order valence-electron chi connectivity index (χ4n) is 4.62. The molecule has 0 radical (unpaired) electrons. The zero-order valence-corrected chi connectivity index (χ0v) is 28.4. The third-order valence-electron chi connectivity index (χ3n) is 7.44. The van der Waals surface area contributed by atoms with E-state index in [1.807, 2.05) is 72.8 Å².